The molecule has 0 radical (unpaired) electrons. The molecule has 90 valence electrons. The molecule has 3 atom stereocenters. The molecular formula is C11H14ClFO3. The molecular weight excluding hydrogens is 235 g/mol. The van der Waals surface area contributed by atoms with Gasteiger partial charge >= 0.3 is 5.97 Å². The van der Waals surface area contributed by atoms with Gasteiger partial charge in [-0.25, -0.2) is 4.79 Å². The van der Waals surface area contributed by atoms with Gasteiger partial charge in [-0.1, -0.05) is 13.8 Å². The Kier molecular flexibility index (Phi) is 3.73. The minimum absolute atomic E-state index is 0.0577. The number of carbonyl (C=O) groups is 2. The van der Waals surface area contributed by atoms with Crippen LogP contribution in [-0.2, 0) is 14.3 Å². The van der Waals surface area contributed by atoms with E-state index in [0.717, 1.165) is 6.08 Å². The van der Waals surface area contributed by atoms with Crippen LogP contribution in [0.1, 0.15) is 20.8 Å². The smallest absolute Gasteiger partial charge is 0.366 e. The molecule has 0 aromatic rings. The van der Waals surface area contributed by atoms with Crippen molar-refractivity contribution in [2.24, 2.45) is 17.3 Å². The maximum absolute atomic E-state index is 13.3. The predicted molar refractivity (Wildman–Crippen MR) is 57.4 cm³/mol. The number of rotatable bonds is 4. The van der Waals surface area contributed by atoms with Crippen LogP contribution in [0.25, 0.3) is 0 Å². The highest BCUT2D eigenvalue weighted by Crippen LogP contribution is 2.60. The van der Waals surface area contributed by atoms with Crippen molar-refractivity contribution in [3.8, 4) is 0 Å². The van der Waals surface area contributed by atoms with Gasteiger partial charge in [-0.05, 0) is 36.4 Å². The van der Waals surface area contributed by atoms with Crippen LogP contribution in [0.2, 0.25) is 0 Å². The van der Waals surface area contributed by atoms with Crippen molar-refractivity contribution in [2.75, 3.05) is 6.61 Å². The lowest BCUT2D eigenvalue weighted by molar-refractivity contribution is -0.140. The summed E-state index contributed by atoms with van der Waals surface area (Å²) in [5.41, 5.74) is -0.759. The van der Waals surface area contributed by atoms with E-state index in [1.54, 1.807) is 20.8 Å². The fourth-order valence-electron chi connectivity index (χ4n) is 1.82. The Hall–Kier alpha value is -0.900. The van der Waals surface area contributed by atoms with E-state index >= 15 is 0 Å². The monoisotopic (exact) mass is 248 g/mol. The highest BCUT2D eigenvalue weighted by Gasteiger charge is 2.62. The number of hydrogen-bond acceptors (Lipinski definition) is 3. The van der Waals surface area contributed by atoms with Crippen LogP contribution >= 0.6 is 11.6 Å². The summed E-state index contributed by atoms with van der Waals surface area (Å²) < 4.78 is 17.8. The molecule has 1 rings (SSSR count). The maximum Gasteiger partial charge on any atom is 0.366 e. The van der Waals surface area contributed by atoms with Crippen LogP contribution in [0.5, 0.6) is 0 Å². The normalized spacial score (nSPS) is 33.4. The van der Waals surface area contributed by atoms with Gasteiger partial charge < -0.3 is 4.74 Å². The lowest BCUT2D eigenvalue weighted by Crippen LogP contribution is -2.09. The minimum atomic E-state index is -0.994. The molecule has 0 bridgehead atoms. The van der Waals surface area contributed by atoms with Crippen LogP contribution in [0, 0.1) is 17.3 Å². The quantitative estimate of drug-likeness (QED) is 0.436. The van der Waals surface area contributed by atoms with Crippen molar-refractivity contribution in [1.82, 2.24) is 0 Å². The first-order chi connectivity index (χ1) is 7.35. The van der Waals surface area contributed by atoms with Gasteiger partial charge in [0.05, 0.1) is 12.0 Å². The van der Waals surface area contributed by atoms with Gasteiger partial charge in [0.2, 0.25) is 11.1 Å². The molecule has 0 heterocycles. The van der Waals surface area contributed by atoms with Crippen molar-refractivity contribution in [2.45, 2.75) is 20.8 Å². The molecule has 0 aromatic heterocycles. The fourth-order valence-corrected chi connectivity index (χ4v) is 2.12. The number of allylic oxidation sites excluding steroid dienone is 1. The number of esters is 1. The first kappa shape index (κ1) is 13.2. The van der Waals surface area contributed by atoms with Crippen LogP contribution in [0.4, 0.5) is 4.39 Å². The summed E-state index contributed by atoms with van der Waals surface area (Å²) in [6, 6.07) is 0. The summed E-state index contributed by atoms with van der Waals surface area (Å²) in [5.74, 6) is -2.34. The van der Waals surface area contributed by atoms with Gasteiger partial charge in [-0.15, -0.1) is 0 Å². The molecule has 0 aliphatic heterocycles. The molecule has 3 nitrogen and oxygen atoms in total. The first-order valence-corrected chi connectivity index (χ1v) is 5.47. The van der Waals surface area contributed by atoms with E-state index in [1.165, 1.54) is 0 Å². The molecule has 1 aliphatic rings. The second kappa shape index (κ2) is 4.53. The van der Waals surface area contributed by atoms with Crippen LogP contribution < -0.4 is 0 Å². The average molecular weight is 249 g/mol. The average Bonchev–Trinajstić information content (AvgIpc) is 2.72. The number of ether oxygens (including phenoxy) is 1. The minimum Gasteiger partial charge on any atom is -0.461 e. The van der Waals surface area contributed by atoms with E-state index in [0.29, 0.717) is 0 Å². The topological polar surface area (TPSA) is 43.4 Å². The third-order valence-electron chi connectivity index (χ3n) is 3.29. The highest BCUT2D eigenvalue weighted by atomic mass is 35.5. The highest BCUT2D eigenvalue weighted by molar-refractivity contribution is 6.65. The molecule has 1 fully saturated rings. The van der Waals surface area contributed by atoms with Gasteiger partial charge in [0, 0.05) is 0 Å². The SMILES string of the molecule is CCOC(=O)/C(F)=C/C1C(C)C1(C)C(=O)Cl. The zero-order chi connectivity index (χ0) is 12.5. The molecule has 16 heavy (non-hydrogen) atoms. The van der Waals surface area contributed by atoms with E-state index in [9.17, 15) is 14.0 Å². The van der Waals surface area contributed by atoms with Crippen molar-refractivity contribution in [1.29, 1.82) is 0 Å². The largest absolute Gasteiger partial charge is 0.461 e. The van der Waals surface area contributed by atoms with E-state index < -0.39 is 22.5 Å². The number of halogens is 2. The molecule has 5 heteroatoms. The molecule has 1 aliphatic carbocycles. The Morgan fingerprint density at radius 1 is 1.56 bits per heavy atom. The molecule has 0 aromatic carbocycles. The Labute approximate surface area is 98.6 Å². The third kappa shape index (κ3) is 2.12. The van der Waals surface area contributed by atoms with Gasteiger partial charge in [0.15, 0.2) is 0 Å². The molecule has 0 N–H and O–H groups in total. The molecule has 1 saturated carbocycles. The molecule has 0 spiro atoms. The van der Waals surface area contributed by atoms with Gasteiger partial charge in [-0.2, -0.15) is 4.39 Å². The second-order valence-corrected chi connectivity index (χ2v) is 4.45. The summed E-state index contributed by atoms with van der Waals surface area (Å²) in [7, 11) is 0. The predicted octanol–water partition coefficient (Wildman–Crippen LogP) is 2.44. The first-order valence-electron chi connectivity index (χ1n) is 5.10. The van der Waals surface area contributed by atoms with E-state index in [4.69, 9.17) is 11.6 Å². The van der Waals surface area contributed by atoms with Crippen LogP contribution in [0.15, 0.2) is 11.9 Å². The number of carbonyl (C=O) groups excluding carboxylic acids is 2. The summed E-state index contributed by atoms with van der Waals surface area (Å²) in [6.07, 6.45) is 1.13. The van der Waals surface area contributed by atoms with Gasteiger partial charge in [0.25, 0.3) is 0 Å². The Balaban J connectivity index is 2.73. The van der Waals surface area contributed by atoms with Crippen LogP contribution in [0.3, 0.4) is 0 Å². The molecule has 0 amide bonds. The summed E-state index contributed by atoms with van der Waals surface area (Å²) in [6.45, 7) is 5.16. The zero-order valence-electron chi connectivity index (χ0n) is 9.42. The molecule has 3 unspecified atom stereocenters. The number of hydrogen-bond donors (Lipinski definition) is 0. The lowest BCUT2D eigenvalue weighted by atomic mass is 10.1. The van der Waals surface area contributed by atoms with E-state index in [1.807, 2.05) is 0 Å². The van der Waals surface area contributed by atoms with Crippen molar-refractivity contribution in [3.05, 3.63) is 11.9 Å². The molecule has 0 saturated heterocycles. The van der Waals surface area contributed by atoms with E-state index in [2.05, 4.69) is 4.74 Å². The second-order valence-electron chi connectivity index (χ2n) is 4.11. The van der Waals surface area contributed by atoms with Crippen molar-refractivity contribution >= 4 is 22.8 Å². The Morgan fingerprint density at radius 2 is 2.12 bits per heavy atom. The Morgan fingerprint density at radius 3 is 2.50 bits per heavy atom. The van der Waals surface area contributed by atoms with Gasteiger partial charge in [0.1, 0.15) is 0 Å². The fraction of sp³-hybridized carbons (Fsp3) is 0.636. The van der Waals surface area contributed by atoms with Gasteiger partial charge in [-0.3, -0.25) is 4.79 Å². The van der Waals surface area contributed by atoms with Crippen molar-refractivity contribution < 1.29 is 18.7 Å². The lowest BCUT2D eigenvalue weighted by Gasteiger charge is -2.01. The van der Waals surface area contributed by atoms with Crippen LogP contribution in [-0.4, -0.2) is 17.8 Å². The van der Waals surface area contributed by atoms with Crippen molar-refractivity contribution in [3.63, 3.8) is 0 Å². The Bertz CT molecular complexity index is 353. The summed E-state index contributed by atoms with van der Waals surface area (Å²) >= 11 is 5.42. The standard InChI is InChI=1S/C11H14ClFO3/c1-4-16-9(14)8(13)5-7-6(2)11(7,3)10(12)15/h5-7H,4H2,1-3H3/b8-5-. The zero-order valence-corrected chi connectivity index (χ0v) is 10.2. The summed E-state index contributed by atoms with van der Waals surface area (Å²) in [4.78, 5) is 22.1. The maximum atomic E-state index is 13.3. The third-order valence-corrected chi connectivity index (χ3v) is 3.69. The summed E-state index contributed by atoms with van der Waals surface area (Å²) in [5, 5.41) is -0.502. The van der Waals surface area contributed by atoms with E-state index in [-0.39, 0.29) is 18.4 Å².